The molecule has 106 valence electrons. The fourth-order valence-corrected chi connectivity index (χ4v) is 2.57. The Bertz CT molecular complexity index is 245. The Morgan fingerprint density at radius 3 is 2.78 bits per heavy atom. The van der Waals surface area contributed by atoms with Crippen molar-refractivity contribution in [2.45, 2.75) is 64.0 Å². The average Bonchev–Trinajstić information content (AvgIpc) is 2.40. The monoisotopic (exact) mass is 257 g/mol. The summed E-state index contributed by atoms with van der Waals surface area (Å²) in [4.78, 5) is 11.6. The molecule has 4 nitrogen and oxygen atoms in total. The minimum absolute atomic E-state index is 0.186. The van der Waals surface area contributed by atoms with Crippen molar-refractivity contribution < 1.29 is 14.6 Å². The molecule has 0 aromatic heterocycles. The fourth-order valence-electron chi connectivity index (χ4n) is 2.57. The summed E-state index contributed by atoms with van der Waals surface area (Å²) in [7, 11) is 1.43. The Balaban J connectivity index is 2.37. The zero-order valence-electron chi connectivity index (χ0n) is 11.7. The minimum Gasteiger partial charge on any atom is -0.468 e. The molecule has 0 aromatic carbocycles. The van der Waals surface area contributed by atoms with Gasteiger partial charge in [-0.05, 0) is 25.2 Å². The number of nitrogens with one attached hydrogen (secondary N) is 1. The van der Waals surface area contributed by atoms with E-state index in [4.69, 9.17) is 4.74 Å². The summed E-state index contributed by atoms with van der Waals surface area (Å²) in [6, 6.07) is -0.218. The van der Waals surface area contributed by atoms with E-state index >= 15 is 0 Å². The third kappa shape index (κ3) is 4.94. The second kappa shape index (κ2) is 8.48. The van der Waals surface area contributed by atoms with Gasteiger partial charge in [0.2, 0.25) is 0 Å². The number of rotatable bonds is 7. The number of hydrogen-bond acceptors (Lipinski definition) is 4. The van der Waals surface area contributed by atoms with Crippen molar-refractivity contribution in [3.63, 3.8) is 0 Å². The number of ether oxygens (including phenoxy) is 1. The summed E-state index contributed by atoms with van der Waals surface area (Å²) in [6.07, 6.45) is 6.93. The standard InChI is InChI=1S/C14H27NO3/c1-3-4-8-12(14(17)18-2)15-10-11-7-5-6-9-13(11)16/h11-13,15-16H,3-10H2,1-2H3. The number of aliphatic hydroxyl groups excluding tert-OH is 1. The summed E-state index contributed by atoms with van der Waals surface area (Å²) in [6.45, 7) is 2.82. The van der Waals surface area contributed by atoms with Gasteiger partial charge in [0.1, 0.15) is 6.04 Å². The van der Waals surface area contributed by atoms with Gasteiger partial charge >= 0.3 is 5.97 Å². The molecule has 4 heteroatoms. The SMILES string of the molecule is CCCCC(NCC1CCCCC1O)C(=O)OC. The molecule has 1 aliphatic carbocycles. The van der Waals surface area contributed by atoms with E-state index in [2.05, 4.69) is 12.2 Å². The van der Waals surface area contributed by atoms with Crippen LogP contribution in [-0.4, -0.2) is 36.9 Å². The predicted octanol–water partition coefficient (Wildman–Crippen LogP) is 1.86. The van der Waals surface area contributed by atoms with E-state index in [9.17, 15) is 9.90 Å². The van der Waals surface area contributed by atoms with Crippen LogP contribution in [0.3, 0.4) is 0 Å². The van der Waals surface area contributed by atoms with Gasteiger partial charge in [-0.3, -0.25) is 4.79 Å². The van der Waals surface area contributed by atoms with E-state index < -0.39 is 0 Å². The van der Waals surface area contributed by atoms with Gasteiger partial charge in [-0.1, -0.05) is 32.6 Å². The molecule has 1 aliphatic rings. The van der Waals surface area contributed by atoms with Crippen LogP contribution in [0.2, 0.25) is 0 Å². The third-order valence-electron chi connectivity index (χ3n) is 3.83. The molecule has 0 aliphatic heterocycles. The number of unbranched alkanes of at least 4 members (excludes halogenated alkanes) is 1. The van der Waals surface area contributed by atoms with Gasteiger partial charge in [0.15, 0.2) is 0 Å². The van der Waals surface area contributed by atoms with E-state index in [1.165, 1.54) is 13.5 Å². The number of methoxy groups -OCH3 is 1. The van der Waals surface area contributed by atoms with Gasteiger partial charge in [-0.25, -0.2) is 0 Å². The maximum absolute atomic E-state index is 11.6. The molecule has 0 radical (unpaired) electrons. The lowest BCUT2D eigenvalue weighted by molar-refractivity contribution is -0.143. The molecule has 0 spiro atoms. The molecule has 0 heterocycles. The second-order valence-electron chi connectivity index (χ2n) is 5.24. The van der Waals surface area contributed by atoms with Crippen LogP contribution in [0, 0.1) is 5.92 Å². The normalized spacial score (nSPS) is 25.7. The number of aliphatic hydroxyl groups is 1. The molecule has 1 saturated carbocycles. The highest BCUT2D eigenvalue weighted by molar-refractivity contribution is 5.75. The quantitative estimate of drug-likeness (QED) is 0.683. The molecule has 18 heavy (non-hydrogen) atoms. The molecular formula is C14H27NO3. The molecule has 0 amide bonds. The van der Waals surface area contributed by atoms with Crippen molar-refractivity contribution in [3.05, 3.63) is 0 Å². The van der Waals surface area contributed by atoms with Crippen molar-refractivity contribution in [1.29, 1.82) is 0 Å². The van der Waals surface area contributed by atoms with Gasteiger partial charge in [0.25, 0.3) is 0 Å². The fraction of sp³-hybridized carbons (Fsp3) is 0.929. The Morgan fingerprint density at radius 1 is 1.44 bits per heavy atom. The first-order valence-electron chi connectivity index (χ1n) is 7.18. The van der Waals surface area contributed by atoms with Crippen LogP contribution in [0.5, 0.6) is 0 Å². The van der Waals surface area contributed by atoms with E-state index in [1.54, 1.807) is 0 Å². The van der Waals surface area contributed by atoms with E-state index in [1.807, 2.05) is 0 Å². The molecule has 3 atom stereocenters. The molecule has 0 bridgehead atoms. The zero-order chi connectivity index (χ0) is 13.4. The number of carbonyl (C=O) groups is 1. The van der Waals surface area contributed by atoms with Crippen LogP contribution < -0.4 is 5.32 Å². The van der Waals surface area contributed by atoms with Crippen LogP contribution in [-0.2, 0) is 9.53 Å². The largest absolute Gasteiger partial charge is 0.468 e. The van der Waals surface area contributed by atoms with E-state index in [-0.39, 0.29) is 24.0 Å². The smallest absolute Gasteiger partial charge is 0.322 e. The second-order valence-corrected chi connectivity index (χ2v) is 5.24. The zero-order valence-corrected chi connectivity index (χ0v) is 11.7. The molecule has 1 rings (SSSR count). The Hall–Kier alpha value is -0.610. The van der Waals surface area contributed by atoms with Crippen molar-refractivity contribution in [3.8, 4) is 0 Å². The van der Waals surface area contributed by atoms with Crippen LogP contribution in [0.4, 0.5) is 0 Å². The molecule has 0 aromatic rings. The number of carbonyl (C=O) groups excluding carboxylic acids is 1. The van der Waals surface area contributed by atoms with Crippen LogP contribution in [0.15, 0.2) is 0 Å². The lowest BCUT2D eigenvalue weighted by Crippen LogP contribution is -2.43. The van der Waals surface area contributed by atoms with Crippen molar-refractivity contribution in [2.75, 3.05) is 13.7 Å². The predicted molar refractivity (Wildman–Crippen MR) is 71.3 cm³/mol. The number of hydrogen-bond donors (Lipinski definition) is 2. The molecule has 0 saturated heterocycles. The molecular weight excluding hydrogens is 230 g/mol. The van der Waals surface area contributed by atoms with Crippen LogP contribution in [0.1, 0.15) is 51.9 Å². The Labute approximate surface area is 110 Å². The Morgan fingerprint density at radius 2 is 2.17 bits per heavy atom. The van der Waals surface area contributed by atoms with Gasteiger partial charge in [-0.2, -0.15) is 0 Å². The number of esters is 1. The van der Waals surface area contributed by atoms with E-state index in [0.29, 0.717) is 6.54 Å². The lowest BCUT2D eigenvalue weighted by Gasteiger charge is -2.29. The van der Waals surface area contributed by atoms with Crippen molar-refractivity contribution in [1.82, 2.24) is 5.32 Å². The molecule has 1 fully saturated rings. The summed E-state index contributed by atoms with van der Waals surface area (Å²) in [5.41, 5.74) is 0. The first-order chi connectivity index (χ1) is 8.69. The third-order valence-corrected chi connectivity index (χ3v) is 3.83. The van der Waals surface area contributed by atoms with Crippen molar-refractivity contribution in [2.24, 2.45) is 5.92 Å². The molecule has 2 N–H and O–H groups in total. The highest BCUT2D eigenvalue weighted by Gasteiger charge is 2.25. The van der Waals surface area contributed by atoms with Gasteiger partial charge in [-0.15, -0.1) is 0 Å². The molecule has 3 unspecified atom stereocenters. The lowest BCUT2D eigenvalue weighted by atomic mass is 9.86. The average molecular weight is 257 g/mol. The Kier molecular flexibility index (Phi) is 7.28. The first-order valence-corrected chi connectivity index (χ1v) is 7.18. The highest BCUT2D eigenvalue weighted by atomic mass is 16.5. The van der Waals surface area contributed by atoms with Crippen LogP contribution >= 0.6 is 0 Å². The maximum atomic E-state index is 11.6. The highest BCUT2D eigenvalue weighted by Crippen LogP contribution is 2.23. The minimum atomic E-state index is -0.218. The van der Waals surface area contributed by atoms with Crippen molar-refractivity contribution >= 4 is 5.97 Å². The summed E-state index contributed by atoms with van der Waals surface area (Å²) in [5, 5.41) is 13.2. The first kappa shape index (κ1) is 15.4. The van der Waals surface area contributed by atoms with Gasteiger partial charge < -0.3 is 15.2 Å². The van der Waals surface area contributed by atoms with Gasteiger partial charge in [0.05, 0.1) is 13.2 Å². The maximum Gasteiger partial charge on any atom is 0.322 e. The summed E-state index contributed by atoms with van der Waals surface area (Å²) < 4.78 is 4.81. The van der Waals surface area contributed by atoms with E-state index in [0.717, 1.165) is 38.5 Å². The van der Waals surface area contributed by atoms with Gasteiger partial charge in [0, 0.05) is 6.54 Å². The summed E-state index contributed by atoms with van der Waals surface area (Å²) in [5.74, 6) is 0.0984. The van der Waals surface area contributed by atoms with Crippen LogP contribution in [0.25, 0.3) is 0 Å². The summed E-state index contributed by atoms with van der Waals surface area (Å²) >= 11 is 0. The topological polar surface area (TPSA) is 58.6 Å².